The van der Waals surface area contributed by atoms with Crippen molar-refractivity contribution in [3.63, 3.8) is 0 Å². The van der Waals surface area contributed by atoms with E-state index in [4.69, 9.17) is 11.6 Å². The summed E-state index contributed by atoms with van der Waals surface area (Å²) in [5.74, 6) is 0.966. The highest BCUT2D eigenvalue weighted by molar-refractivity contribution is 6.31. The van der Waals surface area contributed by atoms with E-state index in [0.29, 0.717) is 16.8 Å². The average Bonchev–Trinajstić information content (AvgIpc) is 2.86. The summed E-state index contributed by atoms with van der Waals surface area (Å²) in [5.41, 5.74) is 1.90. The highest BCUT2D eigenvalue weighted by Crippen LogP contribution is 2.17. The number of carbonyl (C=O) groups excluding carboxylic acids is 1. The van der Waals surface area contributed by atoms with Crippen LogP contribution in [0.5, 0.6) is 0 Å². The first-order valence-electron chi connectivity index (χ1n) is 7.22. The summed E-state index contributed by atoms with van der Waals surface area (Å²) in [6, 6.07) is 7.48. The van der Waals surface area contributed by atoms with Gasteiger partial charge < -0.3 is 5.32 Å². The summed E-state index contributed by atoms with van der Waals surface area (Å²) in [4.78, 5) is 12.0. The minimum atomic E-state index is -0.192. The number of aromatic nitrogens is 2. The predicted octanol–water partition coefficient (Wildman–Crippen LogP) is 4.15. The van der Waals surface area contributed by atoms with Gasteiger partial charge in [0.15, 0.2) is 0 Å². The van der Waals surface area contributed by atoms with Crippen molar-refractivity contribution >= 4 is 29.4 Å². The van der Waals surface area contributed by atoms with Gasteiger partial charge in [-0.1, -0.05) is 37.6 Å². The summed E-state index contributed by atoms with van der Waals surface area (Å²) in [6.45, 7) is 6.92. The minimum absolute atomic E-state index is 0.192. The third-order valence-electron chi connectivity index (χ3n) is 3.13. The summed E-state index contributed by atoms with van der Waals surface area (Å²) in [5, 5.41) is 7.74. The van der Waals surface area contributed by atoms with Gasteiger partial charge in [-0.25, -0.2) is 4.68 Å². The monoisotopic (exact) mass is 317 g/mol. The smallest absolute Gasteiger partial charge is 0.249 e. The Labute approximate surface area is 135 Å². The van der Waals surface area contributed by atoms with Crippen LogP contribution in [0.15, 0.2) is 36.5 Å². The molecule has 0 saturated carbocycles. The number of anilines is 1. The molecule has 1 amide bonds. The van der Waals surface area contributed by atoms with Crippen molar-refractivity contribution in [1.29, 1.82) is 0 Å². The van der Waals surface area contributed by atoms with Crippen LogP contribution in [0.25, 0.3) is 6.08 Å². The summed E-state index contributed by atoms with van der Waals surface area (Å²) in [7, 11) is 0. The van der Waals surface area contributed by atoms with E-state index >= 15 is 0 Å². The van der Waals surface area contributed by atoms with Gasteiger partial charge in [-0.15, -0.1) is 0 Å². The van der Waals surface area contributed by atoms with E-state index in [1.54, 1.807) is 23.0 Å². The Balaban J connectivity index is 2.02. The normalized spacial score (nSPS) is 11.3. The Hall–Kier alpha value is -2.07. The van der Waals surface area contributed by atoms with Crippen LogP contribution in [0.3, 0.4) is 0 Å². The van der Waals surface area contributed by atoms with Crippen molar-refractivity contribution in [3.8, 4) is 0 Å². The molecule has 2 aromatic rings. The van der Waals surface area contributed by atoms with Crippen LogP contribution in [-0.2, 0) is 11.3 Å². The van der Waals surface area contributed by atoms with Gasteiger partial charge in [0.1, 0.15) is 5.82 Å². The number of benzene rings is 1. The van der Waals surface area contributed by atoms with Crippen LogP contribution in [0.1, 0.15) is 25.0 Å². The van der Waals surface area contributed by atoms with E-state index in [9.17, 15) is 4.79 Å². The van der Waals surface area contributed by atoms with Gasteiger partial charge in [0.2, 0.25) is 5.91 Å². The molecule has 0 unspecified atom stereocenters. The first kappa shape index (κ1) is 16.3. The van der Waals surface area contributed by atoms with E-state index in [2.05, 4.69) is 24.3 Å². The number of nitrogens with one attached hydrogen (secondary N) is 1. The van der Waals surface area contributed by atoms with E-state index in [0.717, 1.165) is 17.7 Å². The van der Waals surface area contributed by atoms with Crippen molar-refractivity contribution in [3.05, 3.63) is 52.7 Å². The molecule has 0 spiro atoms. The maximum Gasteiger partial charge on any atom is 0.249 e. The average molecular weight is 318 g/mol. The molecule has 1 heterocycles. The molecule has 1 aromatic carbocycles. The van der Waals surface area contributed by atoms with Crippen LogP contribution in [-0.4, -0.2) is 15.7 Å². The highest BCUT2D eigenvalue weighted by Gasteiger charge is 2.06. The van der Waals surface area contributed by atoms with Crippen LogP contribution in [0, 0.1) is 12.8 Å². The third-order valence-corrected chi connectivity index (χ3v) is 3.54. The molecule has 0 fully saturated rings. The molecule has 0 aliphatic heterocycles. The molecule has 0 atom stereocenters. The first-order chi connectivity index (χ1) is 10.5. The Morgan fingerprint density at radius 1 is 1.41 bits per heavy atom. The number of aryl methyl sites for hydroxylation is 1. The molecule has 1 aromatic heterocycles. The second-order valence-corrected chi connectivity index (χ2v) is 6.03. The molecule has 116 valence electrons. The van der Waals surface area contributed by atoms with Crippen LogP contribution < -0.4 is 5.32 Å². The SMILES string of the molecule is Cc1ccc(/C=C/C(=O)Nc2ccnn2CC(C)C)cc1Cl. The highest BCUT2D eigenvalue weighted by atomic mass is 35.5. The Kier molecular flexibility index (Phi) is 5.39. The standard InChI is InChI=1S/C17H20ClN3O/c1-12(2)11-21-16(8-9-19-21)20-17(22)7-6-14-5-4-13(3)15(18)10-14/h4-10,12H,11H2,1-3H3,(H,20,22)/b7-6+. The third kappa shape index (κ3) is 4.46. The van der Waals surface area contributed by atoms with Crippen molar-refractivity contribution in [1.82, 2.24) is 9.78 Å². The fraction of sp³-hybridized carbons (Fsp3) is 0.294. The van der Waals surface area contributed by atoms with Crippen molar-refractivity contribution in [2.75, 3.05) is 5.32 Å². The summed E-state index contributed by atoms with van der Waals surface area (Å²) >= 11 is 6.07. The molecule has 22 heavy (non-hydrogen) atoms. The van der Waals surface area contributed by atoms with Crippen molar-refractivity contribution in [2.24, 2.45) is 5.92 Å². The predicted molar refractivity (Wildman–Crippen MR) is 90.9 cm³/mol. The van der Waals surface area contributed by atoms with Gasteiger partial charge in [-0.2, -0.15) is 5.10 Å². The zero-order valence-corrected chi connectivity index (χ0v) is 13.8. The number of halogens is 1. The number of carbonyl (C=O) groups is 1. The summed E-state index contributed by atoms with van der Waals surface area (Å²) in [6.07, 6.45) is 4.92. The maximum absolute atomic E-state index is 12.0. The molecule has 0 radical (unpaired) electrons. The molecular weight excluding hydrogens is 298 g/mol. The van der Waals surface area contributed by atoms with Crippen LogP contribution in [0.2, 0.25) is 5.02 Å². The topological polar surface area (TPSA) is 46.9 Å². The van der Waals surface area contributed by atoms with Crippen molar-refractivity contribution in [2.45, 2.75) is 27.3 Å². The van der Waals surface area contributed by atoms with Crippen LogP contribution in [0.4, 0.5) is 5.82 Å². The molecule has 0 aliphatic carbocycles. The maximum atomic E-state index is 12.0. The molecule has 0 aliphatic rings. The molecular formula is C17H20ClN3O. The fourth-order valence-electron chi connectivity index (χ4n) is 1.98. The fourth-order valence-corrected chi connectivity index (χ4v) is 2.17. The molecule has 4 nitrogen and oxygen atoms in total. The van der Waals surface area contributed by atoms with E-state index < -0.39 is 0 Å². The zero-order valence-electron chi connectivity index (χ0n) is 13.0. The van der Waals surface area contributed by atoms with Gasteiger partial charge >= 0.3 is 0 Å². The molecule has 1 N–H and O–H groups in total. The Morgan fingerprint density at radius 2 is 2.18 bits per heavy atom. The molecule has 5 heteroatoms. The van der Waals surface area contributed by atoms with Gasteiger partial charge in [-0.3, -0.25) is 4.79 Å². The first-order valence-corrected chi connectivity index (χ1v) is 7.60. The largest absolute Gasteiger partial charge is 0.307 e. The number of rotatable bonds is 5. The summed E-state index contributed by atoms with van der Waals surface area (Å²) < 4.78 is 1.79. The van der Waals surface area contributed by atoms with E-state index in [-0.39, 0.29) is 5.91 Å². The lowest BCUT2D eigenvalue weighted by molar-refractivity contribution is -0.111. The Morgan fingerprint density at radius 3 is 2.86 bits per heavy atom. The lowest BCUT2D eigenvalue weighted by Crippen LogP contribution is -2.15. The Bertz CT molecular complexity index is 689. The lowest BCUT2D eigenvalue weighted by Gasteiger charge is -2.09. The number of amides is 1. The molecule has 2 rings (SSSR count). The quantitative estimate of drug-likeness (QED) is 0.842. The number of nitrogens with zero attached hydrogens (tertiary/aromatic N) is 2. The van der Waals surface area contributed by atoms with E-state index in [1.165, 1.54) is 6.08 Å². The molecule has 0 saturated heterocycles. The number of hydrogen-bond acceptors (Lipinski definition) is 2. The van der Waals surface area contributed by atoms with Crippen molar-refractivity contribution < 1.29 is 4.79 Å². The lowest BCUT2D eigenvalue weighted by atomic mass is 10.1. The van der Waals surface area contributed by atoms with Gasteiger partial charge in [0.05, 0.1) is 6.20 Å². The minimum Gasteiger partial charge on any atom is -0.307 e. The van der Waals surface area contributed by atoms with Gasteiger partial charge in [-0.05, 0) is 36.1 Å². The molecule has 0 bridgehead atoms. The second-order valence-electron chi connectivity index (χ2n) is 5.62. The second kappa shape index (κ2) is 7.27. The van der Waals surface area contributed by atoms with Crippen LogP contribution >= 0.6 is 11.6 Å². The van der Waals surface area contributed by atoms with E-state index in [1.807, 2.05) is 25.1 Å². The zero-order chi connectivity index (χ0) is 16.1. The van der Waals surface area contributed by atoms with Gasteiger partial charge in [0.25, 0.3) is 0 Å². The number of hydrogen-bond donors (Lipinski definition) is 1. The van der Waals surface area contributed by atoms with Gasteiger partial charge in [0, 0.05) is 23.7 Å².